The Kier molecular flexibility index (Phi) is 77.7. The Morgan fingerprint density at radius 2 is 0.465 bits per heavy atom. The second-order valence-corrected chi connectivity index (χ2v) is 29.3. The van der Waals surface area contributed by atoms with Gasteiger partial charge in [0.05, 0.1) is 0 Å². The van der Waals surface area contributed by atoms with Gasteiger partial charge in [-0.1, -0.05) is 547 Å². The number of hydrogen-bond donors (Lipinski definition) is 0. The summed E-state index contributed by atoms with van der Waals surface area (Å²) < 4.78 is 0. The van der Waals surface area contributed by atoms with Crippen molar-refractivity contribution in [3.05, 3.63) is 321 Å². The molecule has 0 amide bonds. The van der Waals surface area contributed by atoms with Crippen LogP contribution in [0.5, 0.6) is 0 Å². The lowest BCUT2D eigenvalue weighted by Gasteiger charge is -2.22. The van der Waals surface area contributed by atoms with E-state index in [1.54, 1.807) is 5.56 Å². The van der Waals surface area contributed by atoms with Crippen molar-refractivity contribution in [1.82, 2.24) is 0 Å². The molecule has 0 N–H and O–H groups in total. The van der Waals surface area contributed by atoms with E-state index in [0.717, 1.165) is 56.3 Å². The highest BCUT2D eigenvalue weighted by Gasteiger charge is 2.18. The van der Waals surface area contributed by atoms with Crippen molar-refractivity contribution in [2.45, 2.75) is 379 Å². The summed E-state index contributed by atoms with van der Waals surface area (Å²) in [7, 11) is 0. The molecule has 0 spiro atoms. The summed E-state index contributed by atoms with van der Waals surface area (Å²) in [6, 6.07) is 90.8. The van der Waals surface area contributed by atoms with Gasteiger partial charge in [0.25, 0.3) is 0 Å². The lowest BCUT2D eigenvalue weighted by molar-refractivity contribution is 0.490. The SMILES string of the molecule is CC.CC.CC.CC.CC.CC.CC.CC.CC.CC.CC.CC.CCC(CC)Cc1ccc(-c2ccc(-c3ccc(C)cc3)cc2)cc1.CCC(CC)Cc1ccc2c(c1)CCc1cc(C)ccc1-2.CCC(CC)Cc1ccc2c(ccc3cc(C)ccc32)c1.CCc1ccc(-c2cc(CC)cc(CC)c2)cc1.CCc1ccc(-c2ccc(CC)c(CC)c2)cc1. The Bertz CT molecular complexity index is 4520. The van der Waals surface area contributed by atoms with E-state index in [2.05, 4.69) is 347 Å². The second-order valence-electron chi connectivity index (χ2n) is 29.3. The molecular weight excluding hydrogens is 1530 g/mol. The molecule has 0 radical (unpaired) electrons. The lowest BCUT2D eigenvalue weighted by atomic mass is 9.83. The molecule has 702 valence electrons. The lowest BCUT2D eigenvalue weighted by Crippen LogP contribution is -2.07. The molecular formula is C127H194. The molecule has 0 saturated heterocycles. The molecule has 13 rings (SSSR count). The van der Waals surface area contributed by atoms with Crippen LogP contribution < -0.4 is 0 Å². The molecule has 0 fully saturated rings. The standard InChI is InChI=1S/C25H28.C21H26.C21H24.2C18H22.12C2H6/c1-4-20(5-2)18-21-8-12-23(13-9-21)25-16-14-24(15-17-25)22-10-6-19(3)7-11-22;2*1-4-16(5-2)13-17-7-11-21-19(14-17)9-8-18-12-15(3)6-10-20(18)21;1-4-14-7-9-17(10-8-14)18-12-15(5-2)11-16(6-3)13-18;1-4-14-7-9-17(10-8-14)18-12-11-15(5-2)16(6-3)13-18;12*1-2/h6-17,20H,4-5,18H2,1-3H3;6-7,10-12,14,16H,4-5,8-9,13H2,1-3H3;6-12,14,16H,4-5,13H2,1-3H3;2*7-13H,4-6H2,1-3H3;12*1-2H3. The summed E-state index contributed by atoms with van der Waals surface area (Å²) in [5.74, 6) is 2.45. The van der Waals surface area contributed by atoms with Crippen molar-refractivity contribution < 1.29 is 0 Å². The van der Waals surface area contributed by atoms with Gasteiger partial charge in [0.15, 0.2) is 0 Å². The Morgan fingerprint density at radius 1 is 0.189 bits per heavy atom. The molecule has 0 bridgehead atoms. The Labute approximate surface area is 789 Å². The zero-order chi connectivity index (χ0) is 97.2. The molecule has 0 heteroatoms. The zero-order valence-corrected chi connectivity index (χ0v) is 89.8. The Balaban J connectivity index is -0.000000703. The molecule has 0 heterocycles. The topological polar surface area (TPSA) is 0 Å². The van der Waals surface area contributed by atoms with Crippen LogP contribution >= 0.6 is 0 Å². The van der Waals surface area contributed by atoms with E-state index in [-0.39, 0.29) is 0 Å². The average Bonchev–Trinajstić information content (AvgIpc) is 0.786. The quantitative estimate of drug-likeness (QED) is 0.0593. The van der Waals surface area contributed by atoms with E-state index in [1.807, 2.05) is 166 Å². The summed E-state index contributed by atoms with van der Waals surface area (Å²) >= 11 is 0. The maximum absolute atomic E-state index is 2.47. The van der Waals surface area contributed by atoms with Crippen LogP contribution in [0.4, 0.5) is 0 Å². The van der Waals surface area contributed by atoms with Crippen molar-refractivity contribution in [3.63, 3.8) is 0 Å². The number of aryl methyl sites for hydroxylation is 11. The van der Waals surface area contributed by atoms with Crippen LogP contribution in [0.25, 0.3) is 77.2 Å². The van der Waals surface area contributed by atoms with Crippen molar-refractivity contribution in [1.29, 1.82) is 0 Å². The fraction of sp³-hybridized carbons (Fsp3) is 0.465. The first kappa shape index (κ1) is 124. The predicted octanol–water partition coefficient (Wildman–Crippen LogP) is 41.7. The fourth-order valence-electron chi connectivity index (χ4n) is 14.9. The highest BCUT2D eigenvalue weighted by atomic mass is 14.2. The minimum atomic E-state index is 0.805. The summed E-state index contributed by atoms with van der Waals surface area (Å²) in [6.45, 7) is 81.6. The third kappa shape index (κ3) is 43.9. The van der Waals surface area contributed by atoms with Gasteiger partial charge in [-0.25, -0.2) is 0 Å². The van der Waals surface area contributed by atoms with Crippen LogP contribution in [-0.4, -0.2) is 0 Å². The van der Waals surface area contributed by atoms with Crippen LogP contribution in [0.3, 0.4) is 0 Å². The van der Waals surface area contributed by atoms with Gasteiger partial charge in [-0.05, 0) is 248 Å². The molecule has 0 aromatic heterocycles. The minimum absolute atomic E-state index is 0.805. The third-order valence-corrected chi connectivity index (χ3v) is 22.3. The molecule has 12 aromatic rings. The summed E-state index contributed by atoms with van der Waals surface area (Å²) in [6.07, 6.45) is 20.3. The van der Waals surface area contributed by atoms with Gasteiger partial charge >= 0.3 is 0 Å². The molecule has 12 aromatic carbocycles. The van der Waals surface area contributed by atoms with Crippen molar-refractivity contribution >= 4 is 21.5 Å². The van der Waals surface area contributed by atoms with E-state index >= 15 is 0 Å². The van der Waals surface area contributed by atoms with E-state index in [4.69, 9.17) is 0 Å². The van der Waals surface area contributed by atoms with E-state index < -0.39 is 0 Å². The van der Waals surface area contributed by atoms with Gasteiger partial charge in [-0.2, -0.15) is 0 Å². The van der Waals surface area contributed by atoms with E-state index in [9.17, 15) is 0 Å². The predicted molar refractivity (Wildman–Crippen MR) is 592 cm³/mol. The van der Waals surface area contributed by atoms with Gasteiger partial charge in [0.2, 0.25) is 0 Å². The molecule has 0 atom stereocenters. The Morgan fingerprint density at radius 3 is 0.850 bits per heavy atom. The molecule has 0 aliphatic heterocycles. The zero-order valence-electron chi connectivity index (χ0n) is 89.8. The van der Waals surface area contributed by atoms with Crippen LogP contribution in [0.2, 0.25) is 0 Å². The summed E-state index contributed by atoms with van der Waals surface area (Å²) in [4.78, 5) is 0. The molecule has 1 aliphatic rings. The van der Waals surface area contributed by atoms with Crippen LogP contribution in [0.1, 0.15) is 366 Å². The second kappa shape index (κ2) is 79.3. The van der Waals surface area contributed by atoms with Gasteiger partial charge in [-0.3, -0.25) is 0 Å². The van der Waals surface area contributed by atoms with Gasteiger partial charge in [0, 0.05) is 0 Å². The highest BCUT2D eigenvalue weighted by Crippen LogP contribution is 2.37. The maximum atomic E-state index is 2.47. The van der Waals surface area contributed by atoms with E-state index in [1.165, 1.54) is 220 Å². The summed E-state index contributed by atoms with van der Waals surface area (Å²) in [5.41, 5.74) is 33.6. The largest absolute Gasteiger partial charge is 0.0683 e. The average molecular weight is 1720 g/mol. The summed E-state index contributed by atoms with van der Waals surface area (Å²) in [5, 5.41) is 5.46. The number of rotatable bonds is 22. The normalized spacial score (nSPS) is 9.84. The Hall–Kier alpha value is -8.84. The molecule has 1 aliphatic carbocycles. The monoisotopic (exact) mass is 1720 g/mol. The fourth-order valence-corrected chi connectivity index (χ4v) is 14.9. The molecule has 0 nitrogen and oxygen atoms in total. The number of fused-ring (bicyclic) bond motifs is 6. The smallest absolute Gasteiger partial charge is 0.0105 e. The highest BCUT2D eigenvalue weighted by molar-refractivity contribution is 6.07. The van der Waals surface area contributed by atoms with Crippen molar-refractivity contribution in [2.24, 2.45) is 17.8 Å². The first-order valence-corrected chi connectivity index (χ1v) is 52.0. The first-order chi connectivity index (χ1) is 62.1. The van der Waals surface area contributed by atoms with Crippen LogP contribution in [0, 0.1) is 38.5 Å². The van der Waals surface area contributed by atoms with Gasteiger partial charge in [-0.15, -0.1) is 0 Å². The third-order valence-electron chi connectivity index (χ3n) is 22.3. The first-order valence-electron chi connectivity index (χ1n) is 52.0. The molecule has 0 saturated carbocycles. The van der Waals surface area contributed by atoms with Crippen molar-refractivity contribution in [3.8, 4) is 55.6 Å². The molecule has 127 heavy (non-hydrogen) atoms. The van der Waals surface area contributed by atoms with Crippen LogP contribution in [-0.2, 0) is 70.6 Å². The van der Waals surface area contributed by atoms with Crippen LogP contribution in [0.15, 0.2) is 243 Å². The van der Waals surface area contributed by atoms with E-state index in [0.29, 0.717) is 0 Å². The van der Waals surface area contributed by atoms with Crippen molar-refractivity contribution in [2.75, 3.05) is 0 Å². The van der Waals surface area contributed by atoms with Gasteiger partial charge in [0.1, 0.15) is 0 Å². The molecule has 0 unspecified atom stereocenters. The number of benzene rings is 12. The maximum Gasteiger partial charge on any atom is -0.0105 e. The number of hydrogen-bond acceptors (Lipinski definition) is 0. The van der Waals surface area contributed by atoms with Gasteiger partial charge < -0.3 is 0 Å². The minimum Gasteiger partial charge on any atom is -0.0683 e.